The standard InChI is InChI=1S/C23H32O13/c1-23(31,9-16(25)26)10-17(27)34-11-15-18(28)19(29)20(30)22(35-15)36-21-13(32-2)7-12(5-4-6-24)8-14(21)33-3/h4-5,7-8,15,18-20,22,24,28-31H,6,9-11H2,1-3H3,(H,25,26)/b5-4+/t15-,18-,19+,20-,22+,23+/m1/s1. The number of carboxylic acid groups (broad SMARTS) is 1. The molecule has 1 saturated heterocycles. The molecule has 1 aliphatic heterocycles. The highest BCUT2D eigenvalue weighted by atomic mass is 16.7. The molecule has 13 heteroatoms. The van der Waals surface area contributed by atoms with E-state index in [9.17, 15) is 30.0 Å². The van der Waals surface area contributed by atoms with E-state index >= 15 is 0 Å². The van der Waals surface area contributed by atoms with Gasteiger partial charge in [-0.25, -0.2) is 0 Å². The van der Waals surface area contributed by atoms with E-state index < -0.39 is 67.7 Å². The average Bonchev–Trinajstić information content (AvgIpc) is 2.81. The minimum absolute atomic E-state index is 0.00857. The lowest BCUT2D eigenvalue weighted by atomic mass is 9.98. The number of aliphatic carboxylic acids is 1. The second-order valence-electron chi connectivity index (χ2n) is 8.40. The molecule has 1 heterocycles. The maximum Gasteiger partial charge on any atom is 0.308 e. The Kier molecular flexibility index (Phi) is 10.5. The number of aliphatic hydroxyl groups excluding tert-OH is 4. The molecule has 1 aliphatic rings. The Morgan fingerprint density at radius 3 is 2.19 bits per heavy atom. The number of carboxylic acids is 1. The fraction of sp³-hybridized carbons (Fsp3) is 0.565. The predicted molar refractivity (Wildman–Crippen MR) is 121 cm³/mol. The molecule has 0 amide bonds. The van der Waals surface area contributed by atoms with Crippen LogP contribution in [0.1, 0.15) is 25.3 Å². The van der Waals surface area contributed by atoms with Gasteiger partial charge in [0.25, 0.3) is 0 Å². The predicted octanol–water partition coefficient (Wildman–Crippen LogP) is -0.945. The van der Waals surface area contributed by atoms with Gasteiger partial charge in [0.05, 0.1) is 39.3 Å². The van der Waals surface area contributed by atoms with Crippen molar-refractivity contribution >= 4 is 18.0 Å². The third-order valence-electron chi connectivity index (χ3n) is 5.27. The number of carbonyl (C=O) groups is 2. The van der Waals surface area contributed by atoms with E-state index in [1.54, 1.807) is 18.2 Å². The van der Waals surface area contributed by atoms with Gasteiger partial charge in [-0.2, -0.15) is 0 Å². The van der Waals surface area contributed by atoms with E-state index in [-0.39, 0.29) is 23.9 Å². The van der Waals surface area contributed by atoms with Gasteiger partial charge in [-0.05, 0) is 24.6 Å². The third kappa shape index (κ3) is 7.78. The first-order chi connectivity index (χ1) is 16.9. The lowest BCUT2D eigenvalue weighted by molar-refractivity contribution is -0.279. The maximum absolute atomic E-state index is 12.1. The lowest BCUT2D eigenvalue weighted by Gasteiger charge is -2.40. The zero-order valence-electron chi connectivity index (χ0n) is 20.1. The van der Waals surface area contributed by atoms with Crippen LogP contribution in [0.3, 0.4) is 0 Å². The summed E-state index contributed by atoms with van der Waals surface area (Å²) in [5.74, 6) is -1.92. The summed E-state index contributed by atoms with van der Waals surface area (Å²) in [6.45, 7) is 0.379. The number of ether oxygens (including phenoxy) is 5. The monoisotopic (exact) mass is 516 g/mol. The van der Waals surface area contributed by atoms with Crippen molar-refractivity contribution in [1.82, 2.24) is 0 Å². The highest BCUT2D eigenvalue weighted by molar-refractivity contribution is 5.73. The number of carbonyl (C=O) groups excluding carboxylic acids is 1. The topological polar surface area (TPSA) is 202 Å². The fourth-order valence-corrected chi connectivity index (χ4v) is 3.49. The number of hydrogen-bond donors (Lipinski definition) is 6. The molecule has 202 valence electrons. The second-order valence-corrected chi connectivity index (χ2v) is 8.40. The summed E-state index contributed by atoms with van der Waals surface area (Å²) >= 11 is 0. The van der Waals surface area contributed by atoms with E-state index in [1.165, 1.54) is 20.3 Å². The van der Waals surface area contributed by atoms with Gasteiger partial charge in [-0.3, -0.25) is 9.59 Å². The summed E-state index contributed by atoms with van der Waals surface area (Å²) in [7, 11) is 2.72. The third-order valence-corrected chi connectivity index (χ3v) is 5.27. The quantitative estimate of drug-likeness (QED) is 0.186. The Morgan fingerprint density at radius 2 is 1.67 bits per heavy atom. The van der Waals surface area contributed by atoms with Crippen molar-refractivity contribution in [1.29, 1.82) is 0 Å². The molecule has 0 aromatic heterocycles. The van der Waals surface area contributed by atoms with Crippen LogP contribution in [0.15, 0.2) is 18.2 Å². The molecular formula is C23H32O13. The van der Waals surface area contributed by atoms with Crippen molar-refractivity contribution in [2.45, 2.75) is 56.1 Å². The van der Waals surface area contributed by atoms with Crippen molar-refractivity contribution in [2.75, 3.05) is 27.4 Å². The van der Waals surface area contributed by atoms with Crippen LogP contribution in [0.25, 0.3) is 6.08 Å². The second kappa shape index (κ2) is 12.9. The molecular weight excluding hydrogens is 484 g/mol. The molecule has 0 aliphatic carbocycles. The Labute approximate surface area is 207 Å². The summed E-state index contributed by atoms with van der Waals surface area (Å²) in [5.41, 5.74) is -1.25. The molecule has 1 aromatic rings. The molecule has 0 bridgehead atoms. The van der Waals surface area contributed by atoms with Gasteiger partial charge >= 0.3 is 11.9 Å². The normalized spacial score (nSPS) is 25.7. The van der Waals surface area contributed by atoms with Crippen LogP contribution >= 0.6 is 0 Å². The van der Waals surface area contributed by atoms with Crippen LogP contribution < -0.4 is 14.2 Å². The molecule has 0 radical (unpaired) electrons. The highest BCUT2D eigenvalue weighted by Gasteiger charge is 2.46. The molecule has 1 aromatic carbocycles. The molecule has 6 N–H and O–H groups in total. The van der Waals surface area contributed by atoms with Crippen LogP contribution in [0.5, 0.6) is 17.2 Å². The van der Waals surface area contributed by atoms with Crippen molar-refractivity contribution in [3.05, 3.63) is 23.8 Å². The first-order valence-corrected chi connectivity index (χ1v) is 10.9. The number of rotatable bonds is 12. The van der Waals surface area contributed by atoms with E-state index in [2.05, 4.69) is 0 Å². The van der Waals surface area contributed by atoms with Gasteiger partial charge in [0.15, 0.2) is 11.5 Å². The summed E-state index contributed by atoms with van der Waals surface area (Å²) in [5, 5.41) is 58.8. The molecule has 2 rings (SSSR count). The van der Waals surface area contributed by atoms with Crippen LogP contribution in [0.2, 0.25) is 0 Å². The van der Waals surface area contributed by atoms with E-state index in [0.29, 0.717) is 5.56 Å². The lowest BCUT2D eigenvalue weighted by Crippen LogP contribution is -2.60. The van der Waals surface area contributed by atoms with Crippen LogP contribution in [-0.4, -0.2) is 106 Å². The summed E-state index contributed by atoms with van der Waals surface area (Å²) < 4.78 is 26.9. The van der Waals surface area contributed by atoms with Crippen molar-refractivity contribution in [3.63, 3.8) is 0 Å². The molecule has 1 fully saturated rings. The average molecular weight is 516 g/mol. The first-order valence-electron chi connectivity index (χ1n) is 10.9. The Bertz CT molecular complexity index is 904. The number of hydrogen-bond acceptors (Lipinski definition) is 12. The van der Waals surface area contributed by atoms with Crippen molar-refractivity contribution in [3.8, 4) is 17.2 Å². The number of esters is 1. The minimum atomic E-state index is -1.86. The number of benzene rings is 1. The summed E-state index contributed by atoms with van der Waals surface area (Å²) in [6, 6.07) is 3.12. The van der Waals surface area contributed by atoms with Gasteiger partial charge in [-0.1, -0.05) is 12.2 Å². The Morgan fingerprint density at radius 1 is 1.06 bits per heavy atom. The maximum atomic E-state index is 12.1. The Balaban J connectivity index is 2.17. The van der Waals surface area contributed by atoms with Crippen LogP contribution in [0.4, 0.5) is 0 Å². The first kappa shape index (κ1) is 29.3. The van der Waals surface area contributed by atoms with Crippen molar-refractivity contribution < 1.29 is 63.9 Å². The molecule has 13 nitrogen and oxygen atoms in total. The summed E-state index contributed by atoms with van der Waals surface area (Å²) in [6.07, 6.45) is -6.25. The van der Waals surface area contributed by atoms with Crippen LogP contribution in [-0.2, 0) is 19.1 Å². The smallest absolute Gasteiger partial charge is 0.308 e. The summed E-state index contributed by atoms with van der Waals surface area (Å²) in [4.78, 5) is 22.9. The number of methoxy groups -OCH3 is 2. The zero-order chi connectivity index (χ0) is 27.0. The van der Waals surface area contributed by atoms with Crippen molar-refractivity contribution in [2.24, 2.45) is 0 Å². The molecule has 6 atom stereocenters. The molecule has 0 spiro atoms. The molecule has 0 saturated carbocycles. The zero-order valence-corrected chi connectivity index (χ0v) is 20.1. The van der Waals surface area contributed by atoms with E-state index in [0.717, 1.165) is 6.92 Å². The SMILES string of the molecule is COc1cc(/C=C/CO)cc(OC)c1O[C@@H]1O[C@H](COC(=O)C[C@@](C)(O)CC(=O)O)[C@@H](O)[C@H](O)[C@H]1O. The van der Waals surface area contributed by atoms with Gasteiger partial charge in [-0.15, -0.1) is 0 Å². The van der Waals surface area contributed by atoms with Gasteiger partial charge < -0.3 is 54.3 Å². The largest absolute Gasteiger partial charge is 0.493 e. The Hall–Kier alpha value is -2.94. The van der Waals surface area contributed by atoms with Gasteiger partial charge in [0.2, 0.25) is 12.0 Å². The van der Waals surface area contributed by atoms with Gasteiger partial charge in [0.1, 0.15) is 31.0 Å². The fourth-order valence-electron chi connectivity index (χ4n) is 3.49. The van der Waals surface area contributed by atoms with Gasteiger partial charge in [0, 0.05) is 0 Å². The number of aliphatic hydroxyl groups is 5. The van der Waals surface area contributed by atoms with Crippen LogP contribution in [0, 0.1) is 0 Å². The molecule has 36 heavy (non-hydrogen) atoms. The van der Waals surface area contributed by atoms with E-state index in [4.69, 9.17) is 33.9 Å². The molecule has 0 unspecified atom stereocenters. The van der Waals surface area contributed by atoms with E-state index in [1.807, 2.05) is 0 Å². The highest BCUT2D eigenvalue weighted by Crippen LogP contribution is 2.41. The minimum Gasteiger partial charge on any atom is -0.493 e.